The number of Topliss-reactive ketones (excluding diaryl/α,β-unsaturated/α-hetero) is 1. The van der Waals surface area contributed by atoms with Gasteiger partial charge >= 0.3 is 0 Å². The van der Waals surface area contributed by atoms with Gasteiger partial charge in [-0.25, -0.2) is 4.18 Å². The Morgan fingerprint density at radius 1 is 1.00 bits per heavy atom. The number of hydrogen-bond donors (Lipinski definition) is 0. The second kappa shape index (κ2) is 8.54. The van der Waals surface area contributed by atoms with Crippen molar-refractivity contribution in [3.63, 3.8) is 0 Å². The number of ether oxygens (including phenoxy) is 4. The van der Waals surface area contributed by atoms with Crippen LogP contribution >= 0.6 is 0 Å². The van der Waals surface area contributed by atoms with Crippen molar-refractivity contribution in [1.29, 1.82) is 0 Å². The Morgan fingerprint density at radius 2 is 1.70 bits per heavy atom. The summed E-state index contributed by atoms with van der Waals surface area (Å²) >= 11 is 0. The maximum Gasteiger partial charge on any atom is 0.297 e. The number of rotatable bonds is 5. The molecule has 0 unspecified atom stereocenters. The largest absolute Gasteiger partial charge is 0.353 e. The molecule has 5 atom stereocenters. The van der Waals surface area contributed by atoms with Crippen LogP contribution in [0.5, 0.6) is 0 Å². The first-order valence-corrected chi connectivity index (χ1v) is 10.8. The van der Waals surface area contributed by atoms with Gasteiger partial charge in [-0.15, -0.1) is 0 Å². The summed E-state index contributed by atoms with van der Waals surface area (Å²) in [6.45, 7) is 1.93. The zero-order valence-electron chi connectivity index (χ0n) is 16.5. The maximum absolute atomic E-state index is 13.1. The molecule has 0 spiro atoms. The van der Waals surface area contributed by atoms with Gasteiger partial charge in [-0.1, -0.05) is 48.0 Å². The highest BCUT2D eigenvalue weighted by Crippen LogP contribution is 2.34. The summed E-state index contributed by atoms with van der Waals surface area (Å²) in [5.74, 6) is -0.571. The summed E-state index contributed by atoms with van der Waals surface area (Å²) in [6, 6.07) is 15.3. The average molecular weight is 434 g/mol. The van der Waals surface area contributed by atoms with Crippen molar-refractivity contribution in [1.82, 2.24) is 0 Å². The van der Waals surface area contributed by atoms with Crippen molar-refractivity contribution in [2.45, 2.75) is 42.7 Å². The molecule has 0 amide bonds. The SMILES string of the molecule is CO[C@H]1O[C@@H]2CO[C@H](c3ccccc3)O[C@@H]2C(=O)[C@H]1OS(=O)(=O)c1ccc(C)cc1. The van der Waals surface area contributed by atoms with Crippen LogP contribution in [0.1, 0.15) is 17.4 Å². The van der Waals surface area contributed by atoms with Crippen LogP contribution in [0.3, 0.4) is 0 Å². The fourth-order valence-electron chi connectivity index (χ4n) is 3.38. The molecule has 160 valence electrons. The minimum atomic E-state index is -4.22. The molecule has 2 aliphatic rings. The third kappa shape index (κ3) is 4.18. The van der Waals surface area contributed by atoms with E-state index in [9.17, 15) is 13.2 Å². The molecule has 2 aromatic rings. The van der Waals surface area contributed by atoms with Crippen molar-refractivity contribution in [2.75, 3.05) is 13.7 Å². The van der Waals surface area contributed by atoms with E-state index < -0.39 is 46.8 Å². The van der Waals surface area contributed by atoms with Gasteiger partial charge in [0.1, 0.15) is 6.10 Å². The van der Waals surface area contributed by atoms with Gasteiger partial charge in [0, 0.05) is 12.7 Å². The molecule has 0 radical (unpaired) electrons. The van der Waals surface area contributed by atoms with Crippen LogP contribution in [0.2, 0.25) is 0 Å². The molecule has 2 heterocycles. The second-order valence-electron chi connectivity index (χ2n) is 7.10. The zero-order valence-corrected chi connectivity index (χ0v) is 17.3. The molecule has 0 aromatic heterocycles. The van der Waals surface area contributed by atoms with E-state index in [0.717, 1.165) is 11.1 Å². The van der Waals surface area contributed by atoms with Gasteiger partial charge in [-0.3, -0.25) is 4.79 Å². The molecule has 0 aliphatic carbocycles. The van der Waals surface area contributed by atoms with Gasteiger partial charge in [-0.05, 0) is 19.1 Å². The standard InChI is InChI=1S/C21H22O8S/c1-13-8-10-15(11-9-13)30(23,24)29-19-17(22)18-16(27-21(19)25-2)12-26-20(28-18)14-6-4-3-5-7-14/h3-11,16,18-21H,12H2,1-2H3/t16-,18+,19-,20+,21+/m1/s1. The van der Waals surface area contributed by atoms with Gasteiger partial charge in [0.2, 0.25) is 0 Å². The van der Waals surface area contributed by atoms with E-state index in [1.807, 2.05) is 37.3 Å². The van der Waals surface area contributed by atoms with Crippen molar-refractivity contribution in [3.05, 3.63) is 65.7 Å². The van der Waals surface area contributed by atoms with Gasteiger partial charge in [0.15, 0.2) is 30.6 Å². The Balaban J connectivity index is 1.56. The Kier molecular flexibility index (Phi) is 6.01. The second-order valence-corrected chi connectivity index (χ2v) is 8.67. The molecule has 30 heavy (non-hydrogen) atoms. The third-order valence-electron chi connectivity index (χ3n) is 4.98. The van der Waals surface area contributed by atoms with Crippen LogP contribution in [-0.4, -0.2) is 52.5 Å². The first kappa shape index (κ1) is 21.1. The predicted molar refractivity (Wildman–Crippen MR) is 104 cm³/mol. The monoisotopic (exact) mass is 434 g/mol. The van der Waals surface area contributed by atoms with Crippen LogP contribution in [0.4, 0.5) is 0 Å². The summed E-state index contributed by atoms with van der Waals surface area (Å²) in [4.78, 5) is 13.1. The summed E-state index contributed by atoms with van der Waals surface area (Å²) in [6.07, 6.45) is -5.26. The first-order chi connectivity index (χ1) is 14.4. The molecule has 2 fully saturated rings. The number of fused-ring (bicyclic) bond motifs is 1. The summed E-state index contributed by atoms with van der Waals surface area (Å²) in [7, 11) is -2.91. The first-order valence-electron chi connectivity index (χ1n) is 9.43. The van der Waals surface area contributed by atoms with E-state index in [0.29, 0.717) is 0 Å². The number of carbonyl (C=O) groups excluding carboxylic acids is 1. The van der Waals surface area contributed by atoms with Crippen LogP contribution < -0.4 is 0 Å². The lowest BCUT2D eigenvalue weighted by Gasteiger charge is -2.42. The number of hydrogen-bond acceptors (Lipinski definition) is 8. The quantitative estimate of drug-likeness (QED) is 0.660. The fourth-order valence-corrected chi connectivity index (χ4v) is 4.42. The molecule has 8 nitrogen and oxygen atoms in total. The Bertz CT molecular complexity index is 989. The molecule has 0 N–H and O–H groups in total. The molecule has 0 bridgehead atoms. The van der Waals surface area contributed by atoms with Crippen molar-refractivity contribution in [2.24, 2.45) is 0 Å². The van der Waals surface area contributed by atoms with Gasteiger partial charge in [-0.2, -0.15) is 8.42 Å². The number of aryl methyl sites for hydroxylation is 1. The van der Waals surface area contributed by atoms with Crippen LogP contribution in [0, 0.1) is 6.92 Å². The maximum atomic E-state index is 13.1. The van der Waals surface area contributed by atoms with E-state index in [1.165, 1.54) is 19.2 Å². The molecule has 2 saturated heterocycles. The minimum absolute atomic E-state index is 0.0621. The summed E-state index contributed by atoms with van der Waals surface area (Å²) in [5, 5.41) is 0. The van der Waals surface area contributed by atoms with Gasteiger partial charge in [0.05, 0.1) is 11.5 Å². The highest BCUT2D eigenvalue weighted by molar-refractivity contribution is 7.86. The lowest BCUT2D eigenvalue weighted by Crippen LogP contribution is -2.60. The van der Waals surface area contributed by atoms with Gasteiger partial charge < -0.3 is 18.9 Å². The third-order valence-corrected chi connectivity index (χ3v) is 6.29. The topological polar surface area (TPSA) is 97.4 Å². The number of benzene rings is 2. The lowest BCUT2D eigenvalue weighted by molar-refractivity contribution is -0.311. The Labute approximate surface area is 174 Å². The van der Waals surface area contributed by atoms with E-state index in [2.05, 4.69) is 0 Å². The molecule has 9 heteroatoms. The molecule has 2 aromatic carbocycles. The van der Waals surface area contributed by atoms with Gasteiger partial charge in [0.25, 0.3) is 10.1 Å². The number of methoxy groups -OCH3 is 1. The summed E-state index contributed by atoms with van der Waals surface area (Å²) in [5.41, 5.74) is 1.63. The highest BCUT2D eigenvalue weighted by Gasteiger charge is 2.51. The zero-order chi connectivity index (χ0) is 21.3. The molecule has 4 rings (SSSR count). The smallest absolute Gasteiger partial charge is 0.297 e. The van der Waals surface area contributed by atoms with E-state index in [1.54, 1.807) is 12.1 Å². The van der Waals surface area contributed by atoms with Crippen molar-refractivity contribution >= 4 is 15.9 Å². The van der Waals surface area contributed by atoms with Crippen LogP contribution in [0.15, 0.2) is 59.5 Å². The highest BCUT2D eigenvalue weighted by atomic mass is 32.2. The predicted octanol–water partition coefficient (Wildman–Crippen LogP) is 2.12. The van der Waals surface area contributed by atoms with E-state index >= 15 is 0 Å². The minimum Gasteiger partial charge on any atom is -0.353 e. The van der Waals surface area contributed by atoms with E-state index in [4.69, 9.17) is 23.1 Å². The van der Waals surface area contributed by atoms with Crippen LogP contribution in [-0.2, 0) is 38.0 Å². The number of carbonyl (C=O) groups is 1. The summed E-state index contributed by atoms with van der Waals surface area (Å²) < 4.78 is 53.1. The fraction of sp³-hybridized carbons (Fsp3) is 0.381. The average Bonchev–Trinajstić information content (AvgIpc) is 2.76. The number of ketones is 1. The molecule has 0 saturated carbocycles. The van der Waals surface area contributed by atoms with Crippen LogP contribution in [0.25, 0.3) is 0 Å². The van der Waals surface area contributed by atoms with Crippen molar-refractivity contribution < 1.29 is 36.3 Å². The normalized spacial score (nSPS) is 29.4. The molecular weight excluding hydrogens is 412 g/mol. The van der Waals surface area contributed by atoms with Crippen molar-refractivity contribution in [3.8, 4) is 0 Å². The molecular formula is C21H22O8S. The van der Waals surface area contributed by atoms with E-state index in [-0.39, 0.29) is 11.5 Å². The lowest BCUT2D eigenvalue weighted by atomic mass is 9.99. The Morgan fingerprint density at radius 3 is 2.37 bits per heavy atom. The molecule has 2 aliphatic heterocycles. The Hall–Kier alpha value is -2.14.